The molecule has 8 heteroatoms. The number of nitrogens with one attached hydrogen (secondary N) is 1. The van der Waals surface area contributed by atoms with Crippen LogP contribution in [0.3, 0.4) is 0 Å². The van der Waals surface area contributed by atoms with Crippen LogP contribution in [-0.4, -0.2) is 14.3 Å². The summed E-state index contributed by atoms with van der Waals surface area (Å²) >= 11 is 5.78. The Morgan fingerprint density at radius 1 is 1.18 bits per heavy atom. The Balaban J connectivity index is 2.52. The first-order valence-corrected chi connectivity index (χ1v) is 7.99. The van der Waals surface area contributed by atoms with E-state index in [1.807, 2.05) is 0 Å². The summed E-state index contributed by atoms with van der Waals surface area (Å²) in [6.45, 7) is -0.700. The number of benzene rings is 2. The van der Waals surface area contributed by atoms with Crippen molar-refractivity contribution >= 4 is 33.2 Å². The standard InChI is InChI=1S/C14H12ClN2O4S/c15-10-4-2-5-11(7-10)22(20,21)17-13-9(8-18)3-1-6-12(13)14(16)19/h1-7,17H,8H2,(H2,16,19). The monoisotopic (exact) mass is 339 g/mol. The molecule has 2 rings (SSSR count). The largest absolute Gasteiger partial charge is 0.366 e. The summed E-state index contributed by atoms with van der Waals surface area (Å²) in [5, 5.41) is 11.4. The van der Waals surface area contributed by atoms with Gasteiger partial charge in [-0.2, -0.15) is 0 Å². The van der Waals surface area contributed by atoms with Crippen LogP contribution < -0.4 is 10.5 Å². The fourth-order valence-electron chi connectivity index (χ4n) is 1.87. The zero-order valence-electron chi connectivity index (χ0n) is 11.2. The van der Waals surface area contributed by atoms with Crippen molar-refractivity contribution < 1.29 is 18.3 Å². The first kappa shape index (κ1) is 16.3. The molecule has 0 spiro atoms. The summed E-state index contributed by atoms with van der Waals surface area (Å²) in [6.07, 6.45) is 0. The molecule has 0 atom stereocenters. The molecule has 0 fully saturated rings. The molecule has 6 nitrogen and oxygen atoms in total. The van der Waals surface area contributed by atoms with Crippen LogP contribution in [0.4, 0.5) is 5.69 Å². The van der Waals surface area contributed by atoms with Crippen LogP contribution in [0.1, 0.15) is 15.9 Å². The fourth-order valence-corrected chi connectivity index (χ4v) is 3.30. The minimum absolute atomic E-state index is 0.0704. The topological polar surface area (TPSA) is 109 Å². The number of primary amides is 1. The quantitative estimate of drug-likeness (QED) is 0.871. The second-order valence-electron chi connectivity index (χ2n) is 4.41. The predicted molar refractivity (Wildman–Crippen MR) is 81.6 cm³/mol. The summed E-state index contributed by atoms with van der Waals surface area (Å²) in [6, 6.07) is 9.84. The minimum Gasteiger partial charge on any atom is -0.366 e. The summed E-state index contributed by atoms with van der Waals surface area (Å²) in [7, 11) is -4.01. The lowest BCUT2D eigenvalue weighted by molar-refractivity contribution is 0.100. The van der Waals surface area contributed by atoms with Gasteiger partial charge in [-0.3, -0.25) is 9.52 Å². The molecule has 0 saturated heterocycles. The van der Waals surface area contributed by atoms with Gasteiger partial charge in [0.15, 0.2) is 0 Å². The molecule has 0 bridgehead atoms. The normalized spacial score (nSPS) is 11.2. The molecule has 1 radical (unpaired) electrons. The van der Waals surface area contributed by atoms with Crippen molar-refractivity contribution in [1.82, 2.24) is 0 Å². The number of halogens is 1. The van der Waals surface area contributed by atoms with Crippen molar-refractivity contribution in [1.29, 1.82) is 0 Å². The van der Waals surface area contributed by atoms with Crippen molar-refractivity contribution in [2.75, 3.05) is 4.72 Å². The number of hydrogen-bond acceptors (Lipinski definition) is 3. The lowest BCUT2D eigenvalue weighted by Gasteiger charge is -2.14. The van der Waals surface area contributed by atoms with Crippen LogP contribution >= 0.6 is 11.6 Å². The van der Waals surface area contributed by atoms with Gasteiger partial charge in [-0.1, -0.05) is 29.8 Å². The van der Waals surface area contributed by atoms with E-state index in [1.54, 1.807) is 0 Å². The van der Waals surface area contributed by atoms with Crippen LogP contribution in [0.15, 0.2) is 47.4 Å². The van der Waals surface area contributed by atoms with Crippen LogP contribution in [-0.2, 0) is 21.7 Å². The predicted octanol–water partition coefficient (Wildman–Crippen LogP) is 2.17. The Labute approximate surface area is 132 Å². The van der Waals surface area contributed by atoms with Crippen LogP contribution in [0.2, 0.25) is 5.02 Å². The molecule has 2 aromatic carbocycles. The molecule has 3 N–H and O–H groups in total. The summed E-state index contributed by atoms with van der Waals surface area (Å²) < 4.78 is 27.0. The van der Waals surface area contributed by atoms with Gasteiger partial charge < -0.3 is 5.73 Å². The van der Waals surface area contributed by atoms with E-state index < -0.39 is 22.5 Å². The van der Waals surface area contributed by atoms with Gasteiger partial charge in [0.2, 0.25) is 0 Å². The molecule has 0 aliphatic heterocycles. The minimum atomic E-state index is -4.01. The molecule has 1 amide bonds. The van der Waals surface area contributed by atoms with Gasteiger partial charge in [-0.25, -0.2) is 13.5 Å². The van der Waals surface area contributed by atoms with E-state index in [-0.39, 0.29) is 26.7 Å². The third-order valence-corrected chi connectivity index (χ3v) is 4.50. The number of rotatable bonds is 5. The SMILES string of the molecule is NC(=O)c1cccc(C[O])c1NS(=O)(=O)c1cccc(Cl)c1. The van der Waals surface area contributed by atoms with Gasteiger partial charge in [-0.05, 0) is 24.3 Å². The molecular weight excluding hydrogens is 328 g/mol. The van der Waals surface area contributed by atoms with Crippen molar-refractivity contribution in [3.63, 3.8) is 0 Å². The molecule has 0 unspecified atom stereocenters. The van der Waals surface area contributed by atoms with E-state index in [0.29, 0.717) is 0 Å². The third-order valence-electron chi connectivity index (χ3n) is 2.91. The molecule has 22 heavy (non-hydrogen) atoms. The number of nitrogens with two attached hydrogens (primary N) is 1. The highest BCUT2D eigenvalue weighted by molar-refractivity contribution is 7.92. The average Bonchev–Trinajstić information content (AvgIpc) is 2.47. The molecule has 0 aliphatic carbocycles. The van der Waals surface area contributed by atoms with Gasteiger partial charge in [0.05, 0.1) is 16.1 Å². The van der Waals surface area contributed by atoms with E-state index >= 15 is 0 Å². The van der Waals surface area contributed by atoms with Crippen molar-refractivity contribution in [2.45, 2.75) is 11.5 Å². The van der Waals surface area contributed by atoms with Crippen LogP contribution in [0, 0.1) is 0 Å². The van der Waals surface area contributed by atoms with Crippen LogP contribution in [0.25, 0.3) is 0 Å². The summed E-state index contributed by atoms with van der Waals surface area (Å²) in [5.74, 6) is -0.834. The Kier molecular flexibility index (Phi) is 4.70. The Morgan fingerprint density at radius 2 is 1.86 bits per heavy atom. The van der Waals surface area contributed by atoms with Crippen LogP contribution in [0.5, 0.6) is 0 Å². The molecule has 0 heterocycles. The third kappa shape index (κ3) is 3.38. The molecule has 0 aliphatic rings. The fraction of sp³-hybridized carbons (Fsp3) is 0.0714. The highest BCUT2D eigenvalue weighted by atomic mass is 35.5. The number of anilines is 1. The number of amides is 1. The maximum Gasteiger partial charge on any atom is 0.261 e. The second-order valence-corrected chi connectivity index (χ2v) is 6.53. The van der Waals surface area contributed by atoms with Gasteiger partial charge in [-0.15, -0.1) is 0 Å². The summed E-state index contributed by atoms with van der Waals surface area (Å²) in [5.41, 5.74) is 5.17. The average molecular weight is 340 g/mol. The summed E-state index contributed by atoms with van der Waals surface area (Å²) in [4.78, 5) is 11.3. The number of sulfonamides is 1. The first-order valence-electron chi connectivity index (χ1n) is 6.13. The molecular formula is C14H12ClN2O4S. The smallest absolute Gasteiger partial charge is 0.261 e. The lowest BCUT2D eigenvalue weighted by atomic mass is 10.1. The maximum absolute atomic E-state index is 12.4. The molecule has 115 valence electrons. The van der Waals surface area contributed by atoms with Crippen molar-refractivity contribution in [3.05, 3.63) is 58.6 Å². The first-order chi connectivity index (χ1) is 10.3. The number of para-hydroxylation sites is 1. The lowest BCUT2D eigenvalue weighted by Crippen LogP contribution is -2.20. The molecule has 2 aromatic rings. The van der Waals surface area contributed by atoms with Gasteiger partial charge in [0.25, 0.3) is 15.9 Å². The molecule has 0 aromatic heterocycles. The van der Waals surface area contributed by atoms with E-state index in [1.165, 1.54) is 42.5 Å². The van der Waals surface area contributed by atoms with E-state index in [2.05, 4.69) is 4.72 Å². The Morgan fingerprint density at radius 3 is 2.45 bits per heavy atom. The second kappa shape index (κ2) is 6.35. The van der Waals surface area contributed by atoms with Gasteiger partial charge >= 0.3 is 0 Å². The van der Waals surface area contributed by atoms with Gasteiger partial charge in [0, 0.05) is 10.6 Å². The number of carbonyl (C=O) groups is 1. The highest BCUT2D eigenvalue weighted by Crippen LogP contribution is 2.25. The Hall–Kier alpha value is -2.09. The van der Waals surface area contributed by atoms with E-state index in [4.69, 9.17) is 17.3 Å². The van der Waals surface area contributed by atoms with Crippen molar-refractivity contribution in [2.24, 2.45) is 5.73 Å². The number of hydrogen-bond donors (Lipinski definition) is 2. The van der Waals surface area contributed by atoms with E-state index in [9.17, 15) is 18.3 Å². The zero-order valence-corrected chi connectivity index (χ0v) is 12.8. The number of carbonyl (C=O) groups excluding carboxylic acids is 1. The highest BCUT2D eigenvalue weighted by Gasteiger charge is 2.20. The van der Waals surface area contributed by atoms with Gasteiger partial charge in [0.1, 0.15) is 6.61 Å². The maximum atomic E-state index is 12.4. The van der Waals surface area contributed by atoms with E-state index in [0.717, 1.165) is 0 Å². The Bertz CT molecular complexity index is 821. The zero-order chi connectivity index (χ0) is 16.3. The molecule has 0 saturated carbocycles. The van der Waals surface area contributed by atoms with Crippen molar-refractivity contribution in [3.8, 4) is 0 Å².